The van der Waals surface area contributed by atoms with Crippen LogP contribution in [-0.2, 0) is 26.2 Å². The molecule has 28 heavy (non-hydrogen) atoms. The van der Waals surface area contributed by atoms with E-state index in [0.29, 0.717) is 16.9 Å². The van der Waals surface area contributed by atoms with Crippen LogP contribution >= 0.6 is 0 Å². The Labute approximate surface area is 162 Å². The largest absolute Gasteiger partial charge is 0.496 e. The van der Waals surface area contributed by atoms with E-state index in [1.807, 2.05) is 0 Å². The van der Waals surface area contributed by atoms with Gasteiger partial charge >= 0.3 is 5.97 Å². The fourth-order valence-corrected chi connectivity index (χ4v) is 3.27. The van der Waals surface area contributed by atoms with E-state index in [2.05, 4.69) is 4.72 Å². The van der Waals surface area contributed by atoms with Crippen LogP contribution in [0.1, 0.15) is 11.1 Å². The molecule has 0 unspecified atom stereocenters. The SMILES string of the molecule is CNS(=O)(=O)c1cc(/C=C/C(=O)OCc2cc(F)ccc2OC)ccc1OC. The number of hydrogen-bond acceptors (Lipinski definition) is 6. The van der Waals surface area contributed by atoms with Gasteiger partial charge in [0.25, 0.3) is 0 Å². The van der Waals surface area contributed by atoms with Gasteiger partial charge in [0.15, 0.2) is 0 Å². The van der Waals surface area contributed by atoms with Crippen LogP contribution in [0.4, 0.5) is 4.39 Å². The quantitative estimate of drug-likeness (QED) is 0.532. The summed E-state index contributed by atoms with van der Waals surface area (Å²) in [7, 11) is 0.341. The van der Waals surface area contributed by atoms with Crippen molar-refractivity contribution >= 4 is 22.1 Å². The zero-order valence-electron chi connectivity index (χ0n) is 15.6. The highest BCUT2D eigenvalue weighted by Crippen LogP contribution is 2.25. The van der Waals surface area contributed by atoms with Crippen molar-refractivity contribution in [3.8, 4) is 11.5 Å². The van der Waals surface area contributed by atoms with Crippen molar-refractivity contribution < 1.29 is 31.8 Å². The second kappa shape index (κ2) is 9.34. The molecule has 0 aliphatic carbocycles. The van der Waals surface area contributed by atoms with Gasteiger partial charge < -0.3 is 14.2 Å². The van der Waals surface area contributed by atoms with Crippen LogP contribution in [-0.4, -0.2) is 35.7 Å². The summed E-state index contributed by atoms with van der Waals surface area (Å²) in [5.41, 5.74) is 0.839. The third-order valence-electron chi connectivity index (χ3n) is 3.77. The lowest BCUT2D eigenvalue weighted by molar-refractivity contribution is -0.138. The van der Waals surface area contributed by atoms with Crippen LogP contribution in [0.15, 0.2) is 47.4 Å². The monoisotopic (exact) mass is 409 g/mol. The standard InChI is InChI=1S/C19H20FNO6S/c1-21-28(23,24)18-10-13(4-7-17(18)26-3)5-9-19(22)27-12-14-11-15(20)6-8-16(14)25-2/h4-11,21H,12H2,1-3H3/b9-5+. The van der Waals surface area contributed by atoms with Gasteiger partial charge in [-0.05, 0) is 49.0 Å². The second-order valence-electron chi connectivity index (χ2n) is 5.52. The molecule has 0 amide bonds. The number of rotatable bonds is 8. The summed E-state index contributed by atoms with van der Waals surface area (Å²) in [6, 6.07) is 8.33. The van der Waals surface area contributed by atoms with Crippen LogP contribution < -0.4 is 14.2 Å². The number of ether oxygens (including phenoxy) is 3. The molecule has 0 saturated heterocycles. The Morgan fingerprint density at radius 3 is 2.43 bits per heavy atom. The van der Waals surface area contributed by atoms with Gasteiger partial charge in [-0.1, -0.05) is 6.07 Å². The fraction of sp³-hybridized carbons (Fsp3) is 0.211. The lowest BCUT2D eigenvalue weighted by Crippen LogP contribution is -2.19. The minimum atomic E-state index is -3.73. The Morgan fingerprint density at radius 2 is 1.79 bits per heavy atom. The number of sulfonamides is 1. The van der Waals surface area contributed by atoms with Crippen molar-refractivity contribution in [1.29, 1.82) is 0 Å². The number of methoxy groups -OCH3 is 2. The van der Waals surface area contributed by atoms with E-state index < -0.39 is 21.8 Å². The van der Waals surface area contributed by atoms with Gasteiger partial charge in [-0.2, -0.15) is 0 Å². The molecule has 7 nitrogen and oxygen atoms in total. The highest BCUT2D eigenvalue weighted by atomic mass is 32.2. The maximum atomic E-state index is 13.3. The Balaban J connectivity index is 2.12. The summed E-state index contributed by atoms with van der Waals surface area (Å²) in [6.45, 7) is -0.175. The Kier molecular flexibility index (Phi) is 7.13. The molecule has 0 aromatic heterocycles. The average molecular weight is 409 g/mol. The lowest BCUT2D eigenvalue weighted by Gasteiger charge is -2.09. The minimum Gasteiger partial charge on any atom is -0.496 e. The molecule has 0 fully saturated rings. The lowest BCUT2D eigenvalue weighted by atomic mass is 10.2. The Hall–Kier alpha value is -2.91. The average Bonchev–Trinajstić information content (AvgIpc) is 2.70. The first kappa shape index (κ1) is 21.4. The molecule has 2 aromatic carbocycles. The van der Waals surface area contributed by atoms with Crippen molar-refractivity contribution in [2.24, 2.45) is 0 Å². The third kappa shape index (κ3) is 5.30. The number of halogens is 1. The van der Waals surface area contributed by atoms with Crippen molar-refractivity contribution in [3.05, 3.63) is 59.4 Å². The maximum Gasteiger partial charge on any atom is 0.331 e. The van der Waals surface area contributed by atoms with Crippen molar-refractivity contribution in [2.45, 2.75) is 11.5 Å². The number of esters is 1. The van der Waals surface area contributed by atoms with Gasteiger partial charge in [-0.15, -0.1) is 0 Å². The molecule has 0 atom stereocenters. The maximum absolute atomic E-state index is 13.3. The molecule has 0 spiro atoms. The number of nitrogens with one attached hydrogen (secondary N) is 1. The summed E-state index contributed by atoms with van der Waals surface area (Å²) in [5, 5.41) is 0. The smallest absolute Gasteiger partial charge is 0.331 e. The molecule has 0 heterocycles. The van der Waals surface area contributed by atoms with Gasteiger partial charge in [-0.3, -0.25) is 0 Å². The predicted octanol–water partition coefficient (Wildman–Crippen LogP) is 2.51. The molecule has 0 bridgehead atoms. The van der Waals surface area contributed by atoms with Crippen molar-refractivity contribution in [1.82, 2.24) is 4.72 Å². The van der Waals surface area contributed by atoms with Gasteiger partial charge in [0.1, 0.15) is 28.8 Å². The van der Waals surface area contributed by atoms with Gasteiger partial charge in [0.2, 0.25) is 10.0 Å². The summed E-state index contributed by atoms with van der Waals surface area (Å²) in [6.07, 6.45) is 2.54. The first-order valence-corrected chi connectivity index (χ1v) is 9.58. The summed E-state index contributed by atoms with van der Waals surface area (Å²) >= 11 is 0. The van der Waals surface area contributed by atoms with E-state index in [1.165, 1.54) is 57.7 Å². The highest BCUT2D eigenvalue weighted by molar-refractivity contribution is 7.89. The summed E-state index contributed by atoms with van der Waals surface area (Å²) in [4.78, 5) is 11.9. The van der Waals surface area contributed by atoms with Gasteiger partial charge in [0.05, 0.1) is 14.2 Å². The summed E-state index contributed by atoms with van der Waals surface area (Å²) in [5.74, 6) is -0.582. The molecule has 0 aliphatic heterocycles. The molecule has 0 radical (unpaired) electrons. The molecule has 0 aliphatic rings. The van der Waals surface area contributed by atoms with E-state index in [-0.39, 0.29) is 17.3 Å². The molecule has 1 N–H and O–H groups in total. The highest BCUT2D eigenvalue weighted by Gasteiger charge is 2.17. The molecule has 0 saturated carbocycles. The zero-order valence-corrected chi connectivity index (χ0v) is 16.4. The van der Waals surface area contributed by atoms with Crippen LogP contribution in [0, 0.1) is 5.82 Å². The first-order valence-electron chi connectivity index (χ1n) is 8.09. The predicted molar refractivity (Wildman–Crippen MR) is 101 cm³/mol. The van der Waals surface area contributed by atoms with Crippen LogP contribution in [0.2, 0.25) is 0 Å². The third-order valence-corrected chi connectivity index (χ3v) is 5.21. The van der Waals surface area contributed by atoms with Crippen LogP contribution in [0.3, 0.4) is 0 Å². The number of hydrogen-bond donors (Lipinski definition) is 1. The van der Waals surface area contributed by atoms with E-state index in [9.17, 15) is 17.6 Å². The Morgan fingerprint density at radius 1 is 1.11 bits per heavy atom. The summed E-state index contributed by atoms with van der Waals surface area (Å²) < 4.78 is 54.9. The van der Waals surface area contributed by atoms with Crippen LogP contribution in [0.5, 0.6) is 11.5 Å². The van der Waals surface area contributed by atoms with E-state index in [1.54, 1.807) is 6.07 Å². The fourth-order valence-electron chi connectivity index (χ4n) is 2.34. The number of benzene rings is 2. The zero-order chi connectivity index (χ0) is 20.7. The topological polar surface area (TPSA) is 90.9 Å². The van der Waals surface area contributed by atoms with E-state index in [0.717, 1.165) is 6.08 Å². The molecule has 150 valence electrons. The normalized spacial score (nSPS) is 11.4. The van der Waals surface area contributed by atoms with Gasteiger partial charge in [-0.25, -0.2) is 22.3 Å². The van der Waals surface area contributed by atoms with Gasteiger partial charge in [0, 0.05) is 11.6 Å². The van der Waals surface area contributed by atoms with Crippen molar-refractivity contribution in [2.75, 3.05) is 21.3 Å². The first-order chi connectivity index (χ1) is 13.3. The number of carbonyl (C=O) groups is 1. The number of carbonyl (C=O) groups excluding carboxylic acids is 1. The Bertz CT molecular complexity index is 988. The minimum absolute atomic E-state index is 0.0579. The van der Waals surface area contributed by atoms with Crippen molar-refractivity contribution in [3.63, 3.8) is 0 Å². The van der Waals surface area contributed by atoms with E-state index >= 15 is 0 Å². The molecular formula is C19H20FNO6S. The van der Waals surface area contributed by atoms with E-state index in [4.69, 9.17) is 14.2 Å². The molecule has 9 heteroatoms. The second-order valence-corrected chi connectivity index (χ2v) is 7.37. The molecule has 2 aromatic rings. The molecule has 2 rings (SSSR count). The van der Waals surface area contributed by atoms with Crippen LogP contribution in [0.25, 0.3) is 6.08 Å². The molecular weight excluding hydrogens is 389 g/mol.